The van der Waals surface area contributed by atoms with Gasteiger partial charge in [-0.15, -0.1) is 0 Å². The molecule has 1 heterocycles. The van der Waals surface area contributed by atoms with Crippen molar-refractivity contribution < 1.29 is 14.2 Å². The lowest BCUT2D eigenvalue weighted by atomic mass is 9.95. The number of rotatable bonds is 1. The molecule has 1 aliphatic heterocycles. The number of halogens is 3. The summed E-state index contributed by atoms with van der Waals surface area (Å²) in [4.78, 5) is 0. The van der Waals surface area contributed by atoms with Gasteiger partial charge in [-0.25, -0.2) is 4.39 Å². The minimum Gasteiger partial charge on any atom is -0.485 e. The van der Waals surface area contributed by atoms with Gasteiger partial charge in [-0.05, 0) is 24.3 Å². The molecular formula is C15H11BrClFO2. The van der Waals surface area contributed by atoms with E-state index in [1.807, 2.05) is 12.1 Å². The third-order valence-corrected chi connectivity index (χ3v) is 4.15. The third-order valence-electron chi connectivity index (χ3n) is 3.37. The minimum atomic E-state index is -0.695. The Morgan fingerprint density at radius 1 is 1.25 bits per heavy atom. The molecule has 0 radical (unpaired) electrons. The monoisotopic (exact) mass is 356 g/mol. The van der Waals surface area contributed by atoms with Crippen LogP contribution in [0.2, 0.25) is 5.02 Å². The standard InChI is InChI=1S/C15H11BrClFO2/c16-8-4-5-13-10(6-8)12(19)7-14(20-13)9-2-1-3-11(17)15(9)18/h1-6,12,14,19H,7H2/t12-,14?/m0/s1. The maximum atomic E-state index is 14.1. The molecule has 2 atom stereocenters. The molecule has 2 aromatic rings. The third kappa shape index (κ3) is 2.43. The van der Waals surface area contributed by atoms with Crippen molar-refractivity contribution in [3.63, 3.8) is 0 Å². The minimum absolute atomic E-state index is 0.0576. The van der Waals surface area contributed by atoms with Crippen molar-refractivity contribution in [3.05, 3.63) is 62.8 Å². The number of ether oxygens (including phenoxy) is 1. The molecule has 0 spiro atoms. The Labute approximate surface area is 129 Å². The van der Waals surface area contributed by atoms with Crippen molar-refractivity contribution in [2.24, 2.45) is 0 Å². The van der Waals surface area contributed by atoms with Gasteiger partial charge in [0.15, 0.2) is 0 Å². The highest BCUT2D eigenvalue weighted by atomic mass is 79.9. The zero-order valence-electron chi connectivity index (χ0n) is 10.3. The fraction of sp³-hybridized carbons (Fsp3) is 0.200. The van der Waals surface area contributed by atoms with Gasteiger partial charge >= 0.3 is 0 Å². The average molecular weight is 358 g/mol. The lowest BCUT2D eigenvalue weighted by Crippen LogP contribution is -2.20. The molecule has 0 fully saturated rings. The van der Waals surface area contributed by atoms with Crippen molar-refractivity contribution in [2.75, 3.05) is 0 Å². The van der Waals surface area contributed by atoms with E-state index in [9.17, 15) is 9.50 Å². The maximum Gasteiger partial charge on any atom is 0.148 e. The molecule has 0 saturated heterocycles. The number of hydrogen-bond donors (Lipinski definition) is 1. The van der Waals surface area contributed by atoms with Gasteiger partial charge in [0.1, 0.15) is 17.7 Å². The number of hydrogen-bond acceptors (Lipinski definition) is 2. The van der Waals surface area contributed by atoms with E-state index in [-0.39, 0.29) is 5.02 Å². The van der Waals surface area contributed by atoms with Crippen LogP contribution in [-0.2, 0) is 0 Å². The van der Waals surface area contributed by atoms with Crippen molar-refractivity contribution in [1.82, 2.24) is 0 Å². The fourth-order valence-corrected chi connectivity index (χ4v) is 2.94. The summed E-state index contributed by atoms with van der Waals surface area (Å²) in [6.45, 7) is 0. The Morgan fingerprint density at radius 3 is 2.85 bits per heavy atom. The molecule has 20 heavy (non-hydrogen) atoms. The second kappa shape index (κ2) is 5.35. The second-order valence-electron chi connectivity index (χ2n) is 4.68. The number of fused-ring (bicyclic) bond motifs is 1. The van der Waals surface area contributed by atoms with E-state index < -0.39 is 18.0 Å². The molecule has 0 saturated carbocycles. The molecule has 0 aromatic heterocycles. The predicted octanol–water partition coefficient (Wildman–Crippen LogP) is 4.80. The van der Waals surface area contributed by atoms with Crippen LogP contribution in [0.25, 0.3) is 0 Å². The summed E-state index contributed by atoms with van der Waals surface area (Å²) in [6.07, 6.45) is -0.947. The summed E-state index contributed by atoms with van der Waals surface area (Å²) < 4.78 is 20.7. The molecule has 2 nitrogen and oxygen atoms in total. The second-order valence-corrected chi connectivity index (χ2v) is 6.01. The molecule has 1 unspecified atom stereocenters. The maximum absolute atomic E-state index is 14.1. The SMILES string of the molecule is O[C@H]1CC(c2cccc(Cl)c2F)Oc2ccc(Br)cc21. The Hall–Kier alpha value is -1.10. The van der Waals surface area contributed by atoms with E-state index in [0.717, 1.165) is 4.47 Å². The van der Waals surface area contributed by atoms with E-state index in [0.29, 0.717) is 23.3 Å². The van der Waals surface area contributed by atoms with Crippen LogP contribution in [0, 0.1) is 5.82 Å². The number of aliphatic hydroxyl groups is 1. The van der Waals surface area contributed by atoms with Gasteiger partial charge < -0.3 is 9.84 Å². The highest BCUT2D eigenvalue weighted by molar-refractivity contribution is 9.10. The quantitative estimate of drug-likeness (QED) is 0.794. The van der Waals surface area contributed by atoms with Crippen LogP contribution in [0.15, 0.2) is 40.9 Å². The first kappa shape index (κ1) is 13.9. The van der Waals surface area contributed by atoms with Gasteiger partial charge in [-0.1, -0.05) is 39.7 Å². The fourth-order valence-electron chi connectivity index (χ4n) is 2.38. The summed E-state index contributed by atoms with van der Waals surface area (Å²) in [6, 6.07) is 10.2. The van der Waals surface area contributed by atoms with Crippen molar-refractivity contribution in [1.29, 1.82) is 0 Å². The van der Waals surface area contributed by atoms with Gasteiger partial charge in [0.05, 0.1) is 11.1 Å². The van der Waals surface area contributed by atoms with Crippen LogP contribution in [0.4, 0.5) is 4.39 Å². The van der Waals surface area contributed by atoms with Gasteiger partial charge in [0, 0.05) is 22.0 Å². The molecule has 5 heteroatoms. The molecule has 0 amide bonds. The predicted molar refractivity (Wildman–Crippen MR) is 78.5 cm³/mol. The first-order valence-corrected chi connectivity index (χ1v) is 7.31. The summed E-state index contributed by atoms with van der Waals surface area (Å²) in [5.41, 5.74) is 1.07. The highest BCUT2D eigenvalue weighted by Gasteiger charge is 2.30. The van der Waals surface area contributed by atoms with E-state index >= 15 is 0 Å². The molecule has 1 N–H and O–H groups in total. The average Bonchev–Trinajstić information content (AvgIpc) is 2.42. The van der Waals surface area contributed by atoms with Crippen LogP contribution in [0.1, 0.15) is 29.8 Å². The molecular weight excluding hydrogens is 347 g/mol. The Kier molecular flexibility index (Phi) is 3.71. The Balaban J connectivity index is 1.99. The van der Waals surface area contributed by atoms with Crippen LogP contribution >= 0.6 is 27.5 Å². The normalized spacial score (nSPS) is 21.2. The molecule has 3 rings (SSSR count). The summed E-state index contributed by atoms with van der Waals surface area (Å²) in [5, 5.41) is 10.3. The summed E-state index contributed by atoms with van der Waals surface area (Å²) in [5.74, 6) is 0.0725. The van der Waals surface area contributed by atoms with Crippen LogP contribution in [0.3, 0.4) is 0 Å². The highest BCUT2D eigenvalue weighted by Crippen LogP contribution is 2.42. The Bertz CT molecular complexity index is 662. The molecule has 0 aliphatic carbocycles. The van der Waals surface area contributed by atoms with Crippen LogP contribution < -0.4 is 4.74 Å². The zero-order chi connectivity index (χ0) is 14.3. The van der Waals surface area contributed by atoms with E-state index in [4.69, 9.17) is 16.3 Å². The van der Waals surface area contributed by atoms with Gasteiger partial charge in [-0.3, -0.25) is 0 Å². The molecule has 0 bridgehead atoms. The van der Waals surface area contributed by atoms with E-state index in [1.54, 1.807) is 18.2 Å². The van der Waals surface area contributed by atoms with Crippen molar-refractivity contribution in [2.45, 2.75) is 18.6 Å². The summed E-state index contributed by atoms with van der Waals surface area (Å²) >= 11 is 9.15. The largest absolute Gasteiger partial charge is 0.485 e. The van der Waals surface area contributed by atoms with Gasteiger partial charge in [0.2, 0.25) is 0 Å². The van der Waals surface area contributed by atoms with Crippen molar-refractivity contribution in [3.8, 4) is 5.75 Å². The zero-order valence-corrected chi connectivity index (χ0v) is 12.7. The van der Waals surface area contributed by atoms with E-state index in [2.05, 4.69) is 15.9 Å². The number of aliphatic hydroxyl groups excluding tert-OH is 1. The van der Waals surface area contributed by atoms with Crippen LogP contribution in [0.5, 0.6) is 5.75 Å². The first-order chi connectivity index (χ1) is 9.56. The molecule has 2 aromatic carbocycles. The Morgan fingerprint density at radius 2 is 2.05 bits per heavy atom. The number of benzene rings is 2. The topological polar surface area (TPSA) is 29.5 Å². The summed E-state index contributed by atoms with van der Waals surface area (Å²) in [7, 11) is 0. The van der Waals surface area contributed by atoms with Gasteiger partial charge in [0.25, 0.3) is 0 Å². The van der Waals surface area contributed by atoms with Crippen LogP contribution in [-0.4, -0.2) is 5.11 Å². The van der Waals surface area contributed by atoms with Crippen molar-refractivity contribution >= 4 is 27.5 Å². The lowest BCUT2D eigenvalue weighted by Gasteiger charge is -2.30. The smallest absolute Gasteiger partial charge is 0.148 e. The van der Waals surface area contributed by atoms with Gasteiger partial charge in [-0.2, -0.15) is 0 Å². The first-order valence-electron chi connectivity index (χ1n) is 6.14. The molecule has 104 valence electrons. The molecule has 1 aliphatic rings. The van der Waals surface area contributed by atoms with E-state index in [1.165, 1.54) is 6.07 Å². The lowest BCUT2D eigenvalue weighted by molar-refractivity contribution is 0.0640.